The minimum Gasteiger partial charge on any atom is -0.348 e. The van der Waals surface area contributed by atoms with Crippen molar-refractivity contribution in [1.29, 1.82) is 0 Å². The van der Waals surface area contributed by atoms with Gasteiger partial charge in [-0.3, -0.25) is 9.59 Å². The molecule has 2 aromatic rings. The monoisotopic (exact) mass is 330 g/mol. The first kappa shape index (κ1) is 16.3. The molecule has 3 N–H and O–H groups in total. The second kappa shape index (κ2) is 6.92. The molecule has 7 heteroatoms. The van der Waals surface area contributed by atoms with Crippen LogP contribution in [0.3, 0.4) is 0 Å². The number of amides is 1. The van der Waals surface area contributed by atoms with E-state index in [1.165, 1.54) is 36.4 Å². The van der Waals surface area contributed by atoms with Gasteiger partial charge >= 0.3 is 0 Å². The molecule has 0 atom stereocenters. The Balaban J connectivity index is 1.79. The van der Waals surface area contributed by atoms with Crippen LogP contribution in [-0.2, 0) is 0 Å². The van der Waals surface area contributed by atoms with Crippen LogP contribution in [0.25, 0.3) is 5.69 Å². The maximum atomic E-state index is 13.0. The van der Waals surface area contributed by atoms with Crippen molar-refractivity contribution >= 4 is 5.91 Å². The molecule has 1 fully saturated rings. The molecule has 1 aliphatic carbocycles. The van der Waals surface area contributed by atoms with Crippen molar-refractivity contribution in [1.82, 2.24) is 15.1 Å². The molecule has 0 spiro atoms. The highest BCUT2D eigenvalue weighted by Crippen LogP contribution is 2.17. The van der Waals surface area contributed by atoms with Gasteiger partial charge in [-0.15, -0.1) is 0 Å². The summed E-state index contributed by atoms with van der Waals surface area (Å²) in [7, 11) is 0. The number of nitrogens with zero attached hydrogens (tertiary/aromatic N) is 2. The fourth-order valence-electron chi connectivity index (χ4n) is 2.82. The minimum atomic E-state index is -0.406. The highest BCUT2D eigenvalue weighted by atomic mass is 19.1. The van der Waals surface area contributed by atoms with Crippen LogP contribution in [0.5, 0.6) is 0 Å². The van der Waals surface area contributed by atoms with Crippen LogP contribution in [0.15, 0.2) is 41.2 Å². The van der Waals surface area contributed by atoms with Gasteiger partial charge in [0.2, 0.25) is 0 Å². The Morgan fingerprint density at radius 3 is 2.46 bits per heavy atom. The summed E-state index contributed by atoms with van der Waals surface area (Å²) >= 11 is 0. The number of hydrogen-bond acceptors (Lipinski definition) is 4. The van der Waals surface area contributed by atoms with E-state index in [4.69, 9.17) is 5.73 Å². The first-order valence-corrected chi connectivity index (χ1v) is 7.96. The van der Waals surface area contributed by atoms with E-state index < -0.39 is 5.82 Å². The Hall–Kier alpha value is -2.54. The van der Waals surface area contributed by atoms with Crippen LogP contribution in [0.1, 0.15) is 36.2 Å². The molecule has 0 unspecified atom stereocenters. The standard InChI is InChI=1S/C17H19FN4O2/c18-11-1-7-14(8-2-11)22-16(23)10-9-15(21-22)17(24)20-13-5-3-12(19)4-6-13/h1-2,7-10,12-13H,3-6,19H2,(H,20,24). The third-order valence-electron chi connectivity index (χ3n) is 4.21. The number of hydrogen-bond donors (Lipinski definition) is 2. The first-order chi connectivity index (χ1) is 11.5. The number of halogens is 1. The van der Waals surface area contributed by atoms with Crippen LogP contribution < -0.4 is 16.6 Å². The van der Waals surface area contributed by atoms with Crippen LogP contribution in [0.2, 0.25) is 0 Å². The lowest BCUT2D eigenvalue weighted by atomic mass is 9.92. The normalized spacial score (nSPS) is 20.6. The SMILES string of the molecule is NC1CCC(NC(=O)c2ccc(=O)n(-c3ccc(F)cc3)n2)CC1. The molecule has 1 aromatic carbocycles. The van der Waals surface area contributed by atoms with Crippen molar-refractivity contribution in [2.45, 2.75) is 37.8 Å². The zero-order valence-electron chi connectivity index (χ0n) is 13.1. The van der Waals surface area contributed by atoms with E-state index >= 15 is 0 Å². The van der Waals surface area contributed by atoms with Gasteiger partial charge in [-0.1, -0.05) is 0 Å². The predicted molar refractivity (Wildman–Crippen MR) is 87.5 cm³/mol. The number of carbonyl (C=O) groups is 1. The maximum Gasteiger partial charge on any atom is 0.271 e. The topological polar surface area (TPSA) is 90.0 Å². The van der Waals surface area contributed by atoms with E-state index in [9.17, 15) is 14.0 Å². The van der Waals surface area contributed by atoms with Crippen LogP contribution in [-0.4, -0.2) is 27.8 Å². The van der Waals surface area contributed by atoms with E-state index in [0.717, 1.165) is 30.4 Å². The average Bonchev–Trinajstić information content (AvgIpc) is 2.58. The molecular formula is C17H19FN4O2. The summed E-state index contributed by atoms with van der Waals surface area (Å²) in [6, 6.07) is 8.31. The lowest BCUT2D eigenvalue weighted by molar-refractivity contribution is 0.0919. The third-order valence-corrected chi connectivity index (χ3v) is 4.21. The second-order valence-corrected chi connectivity index (χ2v) is 6.03. The van der Waals surface area contributed by atoms with Gasteiger partial charge < -0.3 is 11.1 Å². The Labute approximate surface area is 138 Å². The second-order valence-electron chi connectivity index (χ2n) is 6.03. The number of carbonyl (C=O) groups excluding carboxylic acids is 1. The molecule has 1 saturated carbocycles. The van der Waals surface area contributed by atoms with Gasteiger partial charge in [0.1, 0.15) is 11.5 Å². The van der Waals surface area contributed by atoms with E-state index in [2.05, 4.69) is 10.4 Å². The molecule has 126 valence electrons. The molecule has 1 aliphatic rings. The molecule has 3 rings (SSSR count). The lowest BCUT2D eigenvalue weighted by Gasteiger charge is -2.26. The van der Waals surface area contributed by atoms with Gasteiger partial charge in [0, 0.05) is 18.2 Å². The number of rotatable bonds is 3. The van der Waals surface area contributed by atoms with Crippen molar-refractivity contribution in [3.8, 4) is 5.69 Å². The molecule has 1 heterocycles. The zero-order valence-corrected chi connectivity index (χ0v) is 13.1. The fourth-order valence-corrected chi connectivity index (χ4v) is 2.82. The van der Waals surface area contributed by atoms with Gasteiger partial charge in [0.05, 0.1) is 5.69 Å². The zero-order chi connectivity index (χ0) is 17.1. The molecular weight excluding hydrogens is 311 g/mol. The quantitative estimate of drug-likeness (QED) is 0.889. The summed E-state index contributed by atoms with van der Waals surface area (Å²) < 4.78 is 14.1. The summed E-state index contributed by atoms with van der Waals surface area (Å²) in [6.07, 6.45) is 3.44. The Morgan fingerprint density at radius 1 is 1.12 bits per heavy atom. The third kappa shape index (κ3) is 3.68. The molecule has 1 amide bonds. The largest absolute Gasteiger partial charge is 0.348 e. The molecule has 0 bridgehead atoms. The van der Waals surface area contributed by atoms with Crippen molar-refractivity contribution in [3.63, 3.8) is 0 Å². The van der Waals surface area contributed by atoms with Gasteiger partial charge in [-0.25, -0.2) is 4.39 Å². The number of aromatic nitrogens is 2. The molecule has 6 nitrogen and oxygen atoms in total. The van der Waals surface area contributed by atoms with Crippen molar-refractivity contribution in [2.75, 3.05) is 0 Å². The highest BCUT2D eigenvalue weighted by Gasteiger charge is 2.21. The Bertz CT molecular complexity index is 780. The fraction of sp³-hybridized carbons (Fsp3) is 0.353. The highest BCUT2D eigenvalue weighted by molar-refractivity contribution is 5.92. The van der Waals surface area contributed by atoms with Crippen LogP contribution in [0, 0.1) is 5.82 Å². The Morgan fingerprint density at radius 2 is 1.79 bits per heavy atom. The number of nitrogens with two attached hydrogens (primary N) is 1. The molecule has 0 radical (unpaired) electrons. The van der Waals surface area contributed by atoms with Crippen molar-refractivity contribution < 1.29 is 9.18 Å². The maximum absolute atomic E-state index is 13.0. The summed E-state index contributed by atoms with van der Waals surface area (Å²) in [4.78, 5) is 24.3. The van der Waals surface area contributed by atoms with Crippen LogP contribution >= 0.6 is 0 Å². The van der Waals surface area contributed by atoms with Crippen LogP contribution in [0.4, 0.5) is 4.39 Å². The Kier molecular flexibility index (Phi) is 4.71. The molecule has 0 saturated heterocycles. The van der Waals surface area contributed by atoms with Gasteiger partial charge in [-0.2, -0.15) is 9.78 Å². The van der Waals surface area contributed by atoms with Gasteiger partial charge in [0.15, 0.2) is 0 Å². The summed E-state index contributed by atoms with van der Waals surface area (Å²) in [6.45, 7) is 0. The van der Waals surface area contributed by atoms with Crippen molar-refractivity contribution in [2.24, 2.45) is 5.73 Å². The first-order valence-electron chi connectivity index (χ1n) is 7.96. The van der Waals surface area contributed by atoms with E-state index in [1.54, 1.807) is 0 Å². The lowest BCUT2D eigenvalue weighted by Crippen LogP contribution is -2.41. The molecule has 0 aliphatic heterocycles. The molecule has 1 aromatic heterocycles. The predicted octanol–water partition coefficient (Wildman–Crippen LogP) is 1.37. The average molecular weight is 330 g/mol. The smallest absolute Gasteiger partial charge is 0.271 e. The number of nitrogens with one attached hydrogen (secondary N) is 1. The van der Waals surface area contributed by atoms with E-state index in [1.807, 2.05) is 0 Å². The molecule has 24 heavy (non-hydrogen) atoms. The summed E-state index contributed by atoms with van der Waals surface area (Å²) in [5, 5.41) is 7.03. The van der Waals surface area contributed by atoms with E-state index in [0.29, 0.717) is 5.69 Å². The minimum absolute atomic E-state index is 0.0744. The van der Waals surface area contributed by atoms with E-state index in [-0.39, 0.29) is 29.2 Å². The van der Waals surface area contributed by atoms with Gasteiger partial charge in [-0.05, 0) is 56.0 Å². The van der Waals surface area contributed by atoms with Crippen molar-refractivity contribution in [3.05, 3.63) is 58.3 Å². The summed E-state index contributed by atoms with van der Waals surface area (Å²) in [5.74, 6) is -0.734. The summed E-state index contributed by atoms with van der Waals surface area (Å²) in [5.41, 5.74) is 6.02. The van der Waals surface area contributed by atoms with Gasteiger partial charge in [0.25, 0.3) is 11.5 Å². The number of benzene rings is 1.